The Labute approximate surface area is 240 Å². The summed E-state index contributed by atoms with van der Waals surface area (Å²) in [6.45, 7) is 1.94. The molecule has 0 amide bonds. The summed E-state index contributed by atoms with van der Waals surface area (Å²) >= 11 is 0. The van der Waals surface area contributed by atoms with Crippen LogP contribution >= 0.6 is 0 Å². The minimum atomic E-state index is -4.57. The average Bonchev–Trinajstić information content (AvgIpc) is 3.39. The molecule has 0 radical (unpaired) electrons. The standard InChI is InChI=1S/C29H28F3N5O4S/c1-17-8-19-10-21(29(30,31)32)6-7-26(19)42(40,41)36(14-17)15-18-4-3-5-22(9-18)37-27(25(13-34-37)28(38)39)24-11-23(24)20-12-33-35(2)16-20/h3-7,9-10,12-13,16-17,23-24H,8,11,14-15H2,1-2H3,(H,38,39)/t17-,23+,24-/m1/s1. The van der Waals surface area contributed by atoms with Gasteiger partial charge < -0.3 is 5.11 Å². The first-order chi connectivity index (χ1) is 19.8. The molecule has 3 atom stereocenters. The molecule has 1 aliphatic carbocycles. The second-order valence-electron chi connectivity index (χ2n) is 11.2. The lowest BCUT2D eigenvalue weighted by atomic mass is 9.99. The molecule has 2 aliphatic rings. The number of hydrogen-bond acceptors (Lipinski definition) is 5. The van der Waals surface area contributed by atoms with Crippen molar-refractivity contribution in [3.05, 3.63) is 94.6 Å². The van der Waals surface area contributed by atoms with E-state index in [9.17, 15) is 31.5 Å². The van der Waals surface area contributed by atoms with Gasteiger partial charge in [0.15, 0.2) is 0 Å². The molecule has 6 rings (SSSR count). The van der Waals surface area contributed by atoms with Crippen LogP contribution in [0.4, 0.5) is 13.2 Å². The highest BCUT2D eigenvalue weighted by molar-refractivity contribution is 7.89. The first kappa shape index (κ1) is 28.2. The normalized spacial score (nSPS) is 22.0. The number of carbonyl (C=O) groups is 1. The number of carboxylic acid groups (broad SMARTS) is 1. The van der Waals surface area contributed by atoms with E-state index in [1.165, 1.54) is 10.5 Å². The highest BCUT2D eigenvalue weighted by Gasteiger charge is 2.45. The molecule has 1 saturated carbocycles. The molecular formula is C29H28F3N5O4S. The number of hydrogen-bond donors (Lipinski definition) is 1. The van der Waals surface area contributed by atoms with Crippen molar-refractivity contribution < 1.29 is 31.5 Å². The Morgan fingerprint density at radius 3 is 2.57 bits per heavy atom. The van der Waals surface area contributed by atoms with E-state index in [1.807, 2.05) is 20.2 Å². The van der Waals surface area contributed by atoms with Crippen molar-refractivity contribution in [1.29, 1.82) is 0 Å². The molecular weight excluding hydrogens is 571 g/mol. The highest BCUT2D eigenvalue weighted by atomic mass is 32.2. The van der Waals surface area contributed by atoms with Gasteiger partial charge in [0.05, 0.1) is 34.2 Å². The van der Waals surface area contributed by atoms with E-state index in [2.05, 4.69) is 10.2 Å². The molecule has 2 aromatic carbocycles. The topological polar surface area (TPSA) is 110 Å². The summed E-state index contributed by atoms with van der Waals surface area (Å²) in [6, 6.07) is 9.85. The van der Waals surface area contributed by atoms with Crippen molar-refractivity contribution in [2.45, 2.75) is 49.2 Å². The van der Waals surface area contributed by atoms with E-state index >= 15 is 0 Å². The number of alkyl halides is 3. The maximum absolute atomic E-state index is 13.6. The smallest absolute Gasteiger partial charge is 0.416 e. The summed E-state index contributed by atoms with van der Waals surface area (Å²) in [7, 11) is -2.26. The van der Waals surface area contributed by atoms with Gasteiger partial charge >= 0.3 is 12.1 Å². The van der Waals surface area contributed by atoms with E-state index < -0.39 is 27.7 Å². The van der Waals surface area contributed by atoms with Gasteiger partial charge in [0, 0.05) is 32.3 Å². The minimum Gasteiger partial charge on any atom is -0.478 e. The number of aromatic carboxylic acids is 1. The lowest BCUT2D eigenvalue weighted by Gasteiger charge is -2.23. The van der Waals surface area contributed by atoms with Gasteiger partial charge in [0.2, 0.25) is 10.0 Å². The third kappa shape index (κ3) is 5.11. The third-order valence-electron chi connectivity index (χ3n) is 7.93. The van der Waals surface area contributed by atoms with Gasteiger partial charge in [-0.15, -0.1) is 0 Å². The molecule has 1 N–H and O–H groups in total. The van der Waals surface area contributed by atoms with Crippen molar-refractivity contribution in [3.8, 4) is 5.69 Å². The van der Waals surface area contributed by atoms with Crippen LogP contribution in [0.1, 0.15) is 63.5 Å². The van der Waals surface area contributed by atoms with Crippen molar-refractivity contribution in [3.63, 3.8) is 0 Å². The van der Waals surface area contributed by atoms with E-state index in [0.717, 1.165) is 30.2 Å². The number of sulfonamides is 1. The van der Waals surface area contributed by atoms with Crippen LogP contribution in [0.25, 0.3) is 5.69 Å². The lowest BCUT2D eigenvalue weighted by molar-refractivity contribution is -0.137. The molecule has 1 aliphatic heterocycles. The average molecular weight is 600 g/mol. The SMILES string of the molecule is C[C@@H]1Cc2cc(C(F)(F)F)ccc2S(=O)(=O)N(Cc2cccc(-n3ncc(C(=O)O)c3[C@@H]3C[C@H]3c3cnn(C)c3)c2)C1. The van der Waals surface area contributed by atoms with Gasteiger partial charge in [-0.05, 0) is 71.7 Å². The number of benzene rings is 2. The molecule has 3 heterocycles. The zero-order valence-corrected chi connectivity index (χ0v) is 23.6. The van der Waals surface area contributed by atoms with E-state index in [4.69, 9.17) is 0 Å². The van der Waals surface area contributed by atoms with Gasteiger partial charge in [-0.3, -0.25) is 4.68 Å². The van der Waals surface area contributed by atoms with Gasteiger partial charge in [0.1, 0.15) is 5.56 Å². The van der Waals surface area contributed by atoms with Crippen molar-refractivity contribution in [1.82, 2.24) is 23.9 Å². The molecule has 0 spiro atoms. The number of nitrogens with zero attached hydrogens (tertiary/aromatic N) is 5. The third-order valence-corrected chi connectivity index (χ3v) is 9.85. The van der Waals surface area contributed by atoms with Crippen LogP contribution in [0.2, 0.25) is 0 Å². The zero-order chi connectivity index (χ0) is 30.0. The fraction of sp³-hybridized carbons (Fsp3) is 0.345. The summed E-state index contributed by atoms with van der Waals surface area (Å²) in [5, 5.41) is 18.5. The fourth-order valence-electron chi connectivity index (χ4n) is 5.91. The Morgan fingerprint density at radius 1 is 1.10 bits per heavy atom. The van der Waals surface area contributed by atoms with Crippen LogP contribution < -0.4 is 0 Å². The molecule has 1 fully saturated rings. The summed E-state index contributed by atoms with van der Waals surface area (Å²) < 4.78 is 71.9. The Bertz CT molecular complexity index is 1800. The number of aryl methyl sites for hydroxylation is 1. The molecule has 0 saturated heterocycles. The molecule has 220 valence electrons. The second-order valence-corrected chi connectivity index (χ2v) is 13.1. The van der Waals surface area contributed by atoms with Gasteiger partial charge in [-0.1, -0.05) is 19.1 Å². The molecule has 4 aromatic rings. The predicted octanol–water partition coefficient (Wildman–Crippen LogP) is 4.98. The number of carboxylic acids is 1. The van der Waals surface area contributed by atoms with Crippen molar-refractivity contribution in [2.24, 2.45) is 13.0 Å². The Kier molecular flexibility index (Phi) is 6.76. The number of aromatic nitrogens is 4. The zero-order valence-electron chi connectivity index (χ0n) is 22.8. The van der Waals surface area contributed by atoms with Gasteiger partial charge in [-0.25, -0.2) is 17.9 Å². The van der Waals surface area contributed by atoms with Crippen LogP contribution in [-0.4, -0.2) is 49.9 Å². The quantitative estimate of drug-likeness (QED) is 0.335. The van der Waals surface area contributed by atoms with Gasteiger partial charge in [0.25, 0.3) is 0 Å². The van der Waals surface area contributed by atoms with Crippen molar-refractivity contribution in [2.75, 3.05) is 6.54 Å². The molecule has 42 heavy (non-hydrogen) atoms. The number of fused-ring (bicyclic) bond motifs is 1. The van der Waals surface area contributed by atoms with Crippen LogP contribution in [0.5, 0.6) is 0 Å². The minimum absolute atomic E-state index is 0.00883. The maximum Gasteiger partial charge on any atom is 0.416 e. The summed E-state index contributed by atoms with van der Waals surface area (Å²) in [5.74, 6) is -1.27. The maximum atomic E-state index is 13.6. The van der Waals surface area contributed by atoms with Crippen LogP contribution in [0.3, 0.4) is 0 Å². The molecule has 2 aromatic heterocycles. The molecule has 9 nitrogen and oxygen atoms in total. The van der Waals surface area contributed by atoms with E-state index in [1.54, 1.807) is 39.8 Å². The lowest BCUT2D eigenvalue weighted by Crippen LogP contribution is -2.32. The Hall–Kier alpha value is -3.97. The predicted molar refractivity (Wildman–Crippen MR) is 146 cm³/mol. The highest BCUT2D eigenvalue weighted by Crippen LogP contribution is 2.55. The first-order valence-corrected chi connectivity index (χ1v) is 14.9. The largest absolute Gasteiger partial charge is 0.478 e. The van der Waals surface area contributed by atoms with Crippen molar-refractivity contribution >= 4 is 16.0 Å². The number of halogens is 3. The number of rotatable bonds is 6. The fourth-order valence-corrected chi connectivity index (χ4v) is 7.68. The molecule has 0 unspecified atom stereocenters. The Balaban J connectivity index is 1.32. The van der Waals surface area contributed by atoms with E-state index in [0.29, 0.717) is 16.9 Å². The van der Waals surface area contributed by atoms with Crippen LogP contribution in [0.15, 0.2) is 66.0 Å². The summed E-state index contributed by atoms with van der Waals surface area (Å²) in [6.07, 6.45) is 1.39. The second kappa shape index (κ2) is 10.1. The summed E-state index contributed by atoms with van der Waals surface area (Å²) in [4.78, 5) is 12.0. The first-order valence-electron chi connectivity index (χ1n) is 13.4. The van der Waals surface area contributed by atoms with Crippen LogP contribution in [-0.2, 0) is 36.2 Å². The van der Waals surface area contributed by atoms with Gasteiger partial charge in [-0.2, -0.15) is 27.7 Å². The molecule has 13 heteroatoms. The van der Waals surface area contributed by atoms with E-state index in [-0.39, 0.29) is 53.3 Å². The summed E-state index contributed by atoms with van der Waals surface area (Å²) in [5.41, 5.74) is 2.20. The van der Waals surface area contributed by atoms with Crippen LogP contribution in [0, 0.1) is 5.92 Å². The molecule has 0 bridgehead atoms. The Morgan fingerprint density at radius 2 is 1.88 bits per heavy atom. The monoisotopic (exact) mass is 599 g/mol.